The number of carboxylic acids is 1. The molecule has 0 radical (unpaired) electrons. The Hall–Kier alpha value is -3.54. The molecule has 0 saturated carbocycles. The minimum atomic E-state index is -1.28. The largest absolute Gasteiger partial charge is 0.477 e. The molecule has 0 atom stereocenters. The van der Waals surface area contributed by atoms with Crippen molar-refractivity contribution in [3.05, 3.63) is 78.1 Å². The molecule has 1 aromatic carbocycles. The predicted octanol–water partition coefficient (Wildman–Crippen LogP) is 3.40. The molecule has 0 unspecified atom stereocenters. The van der Waals surface area contributed by atoms with Gasteiger partial charge in [-0.2, -0.15) is 0 Å². The molecule has 0 bridgehead atoms. The summed E-state index contributed by atoms with van der Waals surface area (Å²) >= 11 is 0. The SMILES string of the molecule is O=C(O)/C(=C/c1ccc(-c2ccccc2)o1)NC(=O)c1ccco1. The summed E-state index contributed by atoms with van der Waals surface area (Å²) in [6, 6.07) is 15.7. The zero-order chi connectivity index (χ0) is 16.9. The van der Waals surface area contributed by atoms with E-state index < -0.39 is 11.9 Å². The van der Waals surface area contributed by atoms with Gasteiger partial charge in [0.2, 0.25) is 0 Å². The zero-order valence-electron chi connectivity index (χ0n) is 12.4. The molecule has 1 amide bonds. The molecule has 6 heteroatoms. The second kappa shape index (κ2) is 6.70. The van der Waals surface area contributed by atoms with Crippen molar-refractivity contribution in [2.24, 2.45) is 0 Å². The van der Waals surface area contributed by atoms with Gasteiger partial charge < -0.3 is 19.3 Å². The fraction of sp³-hybridized carbons (Fsp3) is 0. The highest BCUT2D eigenvalue weighted by molar-refractivity contribution is 6.01. The van der Waals surface area contributed by atoms with Crippen LogP contribution in [0.5, 0.6) is 0 Å². The van der Waals surface area contributed by atoms with Gasteiger partial charge in [0.25, 0.3) is 5.91 Å². The van der Waals surface area contributed by atoms with Crippen LogP contribution in [0.25, 0.3) is 17.4 Å². The molecule has 0 aliphatic heterocycles. The number of rotatable bonds is 5. The van der Waals surface area contributed by atoms with Gasteiger partial charge in [-0.1, -0.05) is 30.3 Å². The molecule has 0 fully saturated rings. The highest BCUT2D eigenvalue weighted by atomic mass is 16.4. The second-order valence-corrected chi connectivity index (χ2v) is 4.86. The molecule has 2 N–H and O–H groups in total. The maximum atomic E-state index is 11.9. The van der Waals surface area contributed by atoms with Crippen LogP contribution >= 0.6 is 0 Å². The molecule has 2 heterocycles. The lowest BCUT2D eigenvalue weighted by Gasteiger charge is -2.03. The van der Waals surface area contributed by atoms with Crippen LogP contribution in [0.4, 0.5) is 0 Å². The Kier molecular flexibility index (Phi) is 4.29. The summed E-state index contributed by atoms with van der Waals surface area (Å²) in [4.78, 5) is 23.2. The fourth-order valence-electron chi connectivity index (χ4n) is 2.07. The molecule has 0 aliphatic rings. The normalized spacial score (nSPS) is 11.2. The molecule has 0 saturated heterocycles. The van der Waals surface area contributed by atoms with E-state index in [1.165, 1.54) is 24.5 Å². The van der Waals surface area contributed by atoms with Crippen molar-refractivity contribution in [3.8, 4) is 11.3 Å². The lowest BCUT2D eigenvalue weighted by atomic mass is 10.2. The van der Waals surface area contributed by atoms with Gasteiger partial charge in [-0.05, 0) is 24.3 Å². The highest BCUT2D eigenvalue weighted by Gasteiger charge is 2.16. The number of carboxylic acid groups (broad SMARTS) is 1. The highest BCUT2D eigenvalue weighted by Crippen LogP contribution is 2.22. The van der Waals surface area contributed by atoms with Crippen LogP contribution in [0.3, 0.4) is 0 Å². The number of hydrogen-bond donors (Lipinski definition) is 2. The number of carbonyl (C=O) groups is 2. The summed E-state index contributed by atoms with van der Waals surface area (Å²) < 4.78 is 10.5. The van der Waals surface area contributed by atoms with Crippen molar-refractivity contribution < 1.29 is 23.5 Å². The van der Waals surface area contributed by atoms with Crippen molar-refractivity contribution >= 4 is 18.0 Å². The van der Waals surface area contributed by atoms with E-state index in [1.807, 2.05) is 30.3 Å². The minimum Gasteiger partial charge on any atom is -0.477 e. The Morgan fingerprint density at radius 1 is 1.00 bits per heavy atom. The number of carbonyl (C=O) groups excluding carboxylic acids is 1. The molecular weight excluding hydrogens is 310 g/mol. The van der Waals surface area contributed by atoms with Crippen LogP contribution in [-0.4, -0.2) is 17.0 Å². The van der Waals surface area contributed by atoms with Crippen LogP contribution in [0.15, 0.2) is 75.4 Å². The third-order valence-electron chi connectivity index (χ3n) is 3.20. The van der Waals surface area contributed by atoms with E-state index in [9.17, 15) is 14.7 Å². The van der Waals surface area contributed by atoms with Crippen LogP contribution < -0.4 is 5.32 Å². The molecule has 0 spiro atoms. The molecule has 24 heavy (non-hydrogen) atoms. The van der Waals surface area contributed by atoms with E-state index in [-0.39, 0.29) is 11.5 Å². The first-order valence-electron chi connectivity index (χ1n) is 7.08. The lowest BCUT2D eigenvalue weighted by Crippen LogP contribution is -2.26. The predicted molar refractivity (Wildman–Crippen MR) is 85.9 cm³/mol. The first kappa shape index (κ1) is 15.4. The smallest absolute Gasteiger partial charge is 0.352 e. The Morgan fingerprint density at radius 2 is 1.79 bits per heavy atom. The summed E-state index contributed by atoms with van der Waals surface area (Å²) in [5.41, 5.74) is 0.555. The first-order chi connectivity index (χ1) is 11.6. The van der Waals surface area contributed by atoms with E-state index in [1.54, 1.807) is 12.1 Å². The quantitative estimate of drug-likeness (QED) is 0.702. The monoisotopic (exact) mass is 323 g/mol. The summed E-state index contributed by atoms with van der Waals surface area (Å²) in [7, 11) is 0. The molecular formula is C18H13NO5. The van der Waals surface area contributed by atoms with Crippen molar-refractivity contribution in [2.45, 2.75) is 0 Å². The molecule has 0 aliphatic carbocycles. The Labute approximate surface area is 137 Å². The summed E-state index contributed by atoms with van der Waals surface area (Å²) in [6.07, 6.45) is 2.58. The Balaban J connectivity index is 1.83. The van der Waals surface area contributed by atoms with E-state index in [2.05, 4.69) is 5.32 Å². The van der Waals surface area contributed by atoms with E-state index in [0.717, 1.165) is 5.56 Å². The van der Waals surface area contributed by atoms with Gasteiger partial charge in [0.05, 0.1) is 6.26 Å². The Bertz CT molecular complexity index is 875. The molecule has 120 valence electrons. The maximum Gasteiger partial charge on any atom is 0.352 e. The van der Waals surface area contributed by atoms with E-state index >= 15 is 0 Å². The summed E-state index contributed by atoms with van der Waals surface area (Å²) in [5.74, 6) is -1.00. The van der Waals surface area contributed by atoms with Gasteiger partial charge in [0.1, 0.15) is 17.2 Å². The molecule has 3 rings (SSSR count). The van der Waals surface area contributed by atoms with Crippen molar-refractivity contribution in [2.75, 3.05) is 0 Å². The van der Waals surface area contributed by atoms with Crippen LogP contribution in [0, 0.1) is 0 Å². The summed E-state index contributed by atoms with van der Waals surface area (Å²) in [6.45, 7) is 0. The van der Waals surface area contributed by atoms with Gasteiger partial charge >= 0.3 is 5.97 Å². The topological polar surface area (TPSA) is 92.7 Å². The number of aliphatic carboxylic acids is 1. The number of furan rings is 2. The zero-order valence-corrected chi connectivity index (χ0v) is 12.4. The molecule has 6 nitrogen and oxygen atoms in total. The maximum absolute atomic E-state index is 11.9. The average molecular weight is 323 g/mol. The second-order valence-electron chi connectivity index (χ2n) is 4.86. The number of benzene rings is 1. The van der Waals surface area contributed by atoms with E-state index in [0.29, 0.717) is 11.5 Å². The van der Waals surface area contributed by atoms with Crippen LogP contribution in [-0.2, 0) is 4.79 Å². The molecule has 2 aromatic heterocycles. The average Bonchev–Trinajstić information content (AvgIpc) is 3.27. The number of nitrogens with one attached hydrogen (secondary N) is 1. The van der Waals surface area contributed by atoms with Gasteiger partial charge in [-0.15, -0.1) is 0 Å². The number of hydrogen-bond acceptors (Lipinski definition) is 4. The minimum absolute atomic E-state index is 0.0200. The van der Waals surface area contributed by atoms with Crippen LogP contribution in [0.1, 0.15) is 16.3 Å². The van der Waals surface area contributed by atoms with Gasteiger partial charge in [0, 0.05) is 11.6 Å². The first-order valence-corrected chi connectivity index (χ1v) is 7.08. The van der Waals surface area contributed by atoms with Crippen molar-refractivity contribution in [1.82, 2.24) is 5.32 Å². The molecule has 3 aromatic rings. The van der Waals surface area contributed by atoms with Crippen molar-refractivity contribution in [3.63, 3.8) is 0 Å². The number of amides is 1. The van der Waals surface area contributed by atoms with Crippen molar-refractivity contribution in [1.29, 1.82) is 0 Å². The Morgan fingerprint density at radius 3 is 2.46 bits per heavy atom. The summed E-state index contributed by atoms with van der Waals surface area (Å²) in [5, 5.41) is 11.5. The fourth-order valence-corrected chi connectivity index (χ4v) is 2.07. The third-order valence-corrected chi connectivity index (χ3v) is 3.20. The van der Waals surface area contributed by atoms with E-state index in [4.69, 9.17) is 8.83 Å². The lowest BCUT2D eigenvalue weighted by molar-refractivity contribution is -0.132. The van der Waals surface area contributed by atoms with Gasteiger partial charge in [0.15, 0.2) is 5.76 Å². The van der Waals surface area contributed by atoms with Gasteiger partial charge in [-0.3, -0.25) is 4.79 Å². The van der Waals surface area contributed by atoms with Crippen LogP contribution in [0.2, 0.25) is 0 Å². The third kappa shape index (κ3) is 3.44. The van der Waals surface area contributed by atoms with Gasteiger partial charge in [-0.25, -0.2) is 4.79 Å². The standard InChI is InChI=1S/C18H13NO5/c20-17(16-7-4-10-23-16)19-14(18(21)22)11-13-8-9-15(24-13)12-5-2-1-3-6-12/h1-11H,(H,19,20)(H,21,22)/b14-11-.